The maximum Gasteiger partial charge on any atom is 2.00 e. The predicted octanol–water partition coefficient (Wildman–Crippen LogP) is 14.0. The van der Waals surface area contributed by atoms with E-state index in [9.17, 15) is 25.9 Å². The Kier molecular flexibility index (Phi) is 35.9. The number of unbranched alkanes of at least 4 members (excludes halogenated alkanes) is 24. The van der Waals surface area contributed by atoms with Crippen molar-refractivity contribution in [3.8, 4) is 0 Å². The largest absolute Gasteiger partial charge is 2.00 e. The first-order valence-electron chi connectivity index (χ1n) is 23.1. The van der Waals surface area contributed by atoms with Crippen LogP contribution in [0.5, 0.6) is 0 Å². The van der Waals surface area contributed by atoms with E-state index in [0.717, 1.165) is 73.6 Å². The van der Waals surface area contributed by atoms with Crippen LogP contribution in [-0.2, 0) is 45.9 Å². The molecule has 9 heteroatoms. The molecular formula is C48H82CaO6S2. The first-order chi connectivity index (χ1) is 27.0. The molecule has 6 nitrogen and oxygen atoms in total. The van der Waals surface area contributed by atoms with Crippen LogP contribution in [0.15, 0.2) is 46.2 Å². The first kappa shape index (κ1) is 56.5. The average Bonchev–Trinajstić information content (AvgIpc) is 3.16. The maximum absolute atomic E-state index is 11.7. The number of rotatable bonds is 34. The van der Waals surface area contributed by atoms with Crippen LogP contribution in [0, 0.1) is 0 Å². The van der Waals surface area contributed by atoms with Gasteiger partial charge in [-0.2, -0.15) is 0 Å². The van der Waals surface area contributed by atoms with Gasteiger partial charge in [-0.25, -0.2) is 16.8 Å². The number of hydrogen-bond donors (Lipinski definition) is 0. The Bertz CT molecular complexity index is 1360. The molecule has 324 valence electrons. The standard InChI is InChI=1S/2C24H42O3S.Ca/c2*1-3-5-7-9-11-13-15-18-22-19-17-21-24(28(25,26)27)23(22)20-16-14-12-10-8-6-4-2;/h2*17,19,21H,3-16,18,20H2,1-2H3,(H,25,26,27);/q;;+2/p-2. The van der Waals surface area contributed by atoms with E-state index in [2.05, 4.69) is 27.7 Å². The third-order valence-electron chi connectivity index (χ3n) is 11.2. The van der Waals surface area contributed by atoms with Gasteiger partial charge in [-0.15, -0.1) is 0 Å². The predicted molar refractivity (Wildman–Crippen MR) is 241 cm³/mol. The number of hydrogen-bond acceptors (Lipinski definition) is 6. The van der Waals surface area contributed by atoms with E-state index in [0.29, 0.717) is 12.8 Å². The molecule has 0 fully saturated rings. The van der Waals surface area contributed by atoms with Crippen molar-refractivity contribution in [2.24, 2.45) is 0 Å². The quantitative estimate of drug-likeness (QED) is 0.0393. The van der Waals surface area contributed by atoms with Crippen LogP contribution < -0.4 is 0 Å². The van der Waals surface area contributed by atoms with Crippen molar-refractivity contribution in [1.82, 2.24) is 0 Å². The molecule has 0 N–H and O–H groups in total. The minimum atomic E-state index is -4.41. The monoisotopic (exact) mass is 859 g/mol. The fourth-order valence-corrected chi connectivity index (χ4v) is 9.35. The molecular weight excluding hydrogens is 777 g/mol. The molecule has 0 heterocycles. The van der Waals surface area contributed by atoms with Gasteiger partial charge in [-0.05, 0) is 85.8 Å². The third-order valence-corrected chi connectivity index (χ3v) is 13.0. The molecule has 2 aromatic rings. The van der Waals surface area contributed by atoms with E-state index in [4.69, 9.17) is 0 Å². The van der Waals surface area contributed by atoms with E-state index in [-0.39, 0.29) is 47.5 Å². The fraction of sp³-hybridized carbons (Fsp3) is 0.750. The van der Waals surface area contributed by atoms with Crippen LogP contribution in [0.1, 0.15) is 230 Å². The van der Waals surface area contributed by atoms with Crippen molar-refractivity contribution >= 4 is 58.0 Å². The first-order valence-corrected chi connectivity index (χ1v) is 26.0. The van der Waals surface area contributed by atoms with E-state index in [1.165, 1.54) is 153 Å². The van der Waals surface area contributed by atoms with E-state index in [1.54, 1.807) is 12.1 Å². The van der Waals surface area contributed by atoms with E-state index in [1.807, 2.05) is 12.1 Å². The van der Waals surface area contributed by atoms with Crippen molar-refractivity contribution in [2.45, 2.75) is 243 Å². The second-order valence-corrected chi connectivity index (χ2v) is 18.9. The van der Waals surface area contributed by atoms with Crippen LogP contribution in [0.4, 0.5) is 0 Å². The molecule has 0 aliphatic heterocycles. The summed E-state index contributed by atoms with van der Waals surface area (Å²) in [6, 6.07) is 10.5. The number of benzene rings is 2. The average molecular weight is 859 g/mol. The molecule has 2 rings (SSSR count). The van der Waals surface area contributed by atoms with Gasteiger partial charge in [0.25, 0.3) is 0 Å². The van der Waals surface area contributed by atoms with Crippen LogP contribution in [-0.4, -0.2) is 63.7 Å². The zero-order valence-electron chi connectivity index (χ0n) is 37.1. The minimum Gasteiger partial charge on any atom is -0.744 e. The van der Waals surface area contributed by atoms with Crippen molar-refractivity contribution < 1.29 is 25.9 Å². The summed E-state index contributed by atoms with van der Waals surface area (Å²) in [5.41, 5.74) is 3.71. The molecule has 0 aliphatic rings. The summed E-state index contributed by atoms with van der Waals surface area (Å²) in [7, 11) is -8.81. The van der Waals surface area contributed by atoms with Crippen LogP contribution in [0.2, 0.25) is 0 Å². The molecule has 57 heavy (non-hydrogen) atoms. The number of aryl methyl sites for hydroxylation is 2. The SMILES string of the molecule is CCCCCCCCCc1cccc(S(=O)(=O)[O-])c1CCCCCCCCC.CCCCCCCCCc1cccc(S(=O)(=O)[O-])c1CCCCCCCCC.[Ca+2]. The van der Waals surface area contributed by atoms with Crippen LogP contribution >= 0.6 is 0 Å². The summed E-state index contributed by atoms with van der Waals surface area (Å²) < 4.78 is 70.4. The molecule has 0 spiro atoms. The van der Waals surface area contributed by atoms with Gasteiger partial charge in [-0.3, -0.25) is 0 Å². The molecule has 0 radical (unpaired) electrons. The smallest absolute Gasteiger partial charge is 0.744 e. The third kappa shape index (κ3) is 27.9. The summed E-state index contributed by atoms with van der Waals surface area (Å²) in [4.78, 5) is 0.0258. The molecule has 0 amide bonds. The van der Waals surface area contributed by atoms with Gasteiger partial charge < -0.3 is 9.11 Å². The Hall–Kier alpha value is -0.480. The van der Waals surface area contributed by atoms with Crippen molar-refractivity contribution in [3.05, 3.63) is 58.7 Å². The Morgan fingerprint density at radius 2 is 0.579 bits per heavy atom. The van der Waals surface area contributed by atoms with E-state index < -0.39 is 20.2 Å². The Morgan fingerprint density at radius 3 is 0.825 bits per heavy atom. The van der Waals surface area contributed by atoms with E-state index >= 15 is 0 Å². The van der Waals surface area contributed by atoms with Crippen molar-refractivity contribution in [3.63, 3.8) is 0 Å². The molecule has 0 saturated carbocycles. The molecule has 0 bridgehead atoms. The van der Waals surface area contributed by atoms with Gasteiger partial charge in [0.2, 0.25) is 0 Å². The van der Waals surface area contributed by atoms with Crippen molar-refractivity contribution in [2.75, 3.05) is 0 Å². The van der Waals surface area contributed by atoms with Gasteiger partial charge in [-0.1, -0.05) is 206 Å². The molecule has 0 saturated heterocycles. The molecule has 0 aromatic heterocycles. The van der Waals surface area contributed by atoms with Gasteiger partial charge in [0.1, 0.15) is 20.2 Å². The van der Waals surface area contributed by atoms with Crippen LogP contribution in [0.3, 0.4) is 0 Å². The second-order valence-electron chi connectivity index (χ2n) is 16.2. The van der Waals surface area contributed by atoms with Gasteiger partial charge in [0.05, 0.1) is 9.79 Å². The Balaban J connectivity index is 0.00000108. The molecule has 0 atom stereocenters. The normalized spacial score (nSPS) is 11.6. The van der Waals surface area contributed by atoms with Crippen LogP contribution in [0.25, 0.3) is 0 Å². The van der Waals surface area contributed by atoms with Gasteiger partial charge >= 0.3 is 37.7 Å². The fourth-order valence-electron chi connectivity index (χ4n) is 7.79. The van der Waals surface area contributed by atoms with Crippen molar-refractivity contribution in [1.29, 1.82) is 0 Å². The summed E-state index contributed by atoms with van der Waals surface area (Å²) >= 11 is 0. The maximum atomic E-state index is 11.7. The topological polar surface area (TPSA) is 114 Å². The Morgan fingerprint density at radius 1 is 0.351 bits per heavy atom. The second kappa shape index (κ2) is 36.2. The summed E-state index contributed by atoms with van der Waals surface area (Å²) in [5, 5.41) is 0. The zero-order chi connectivity index (χ0) is 41.3. The minimum absolute atomic E-state index is 0. The molecule has 0 unspecified atom stereocenters. The summed E-state index contributed by atoms with van der Waals surface area (Å²) in [6.45, 7) is 8.88. The zero-order valence-corrected chi connectivity index (χ0v) is 40.9. The summed E-state index contributed by atoms with van der Waals surface area (Å²) in [5.74, 6) is 0. The Labute approximate surface area is 382 Å². The van der Waals surface area contributed by atoms with Gasteiger partial charge in [0.15, 0.2) is 0 Å². The van der Waals surface area contributed by atoms with Gasteiger partial charge in [0, 0.05) is 0 Å². The molecule has 0 aliphatic carbocycles. The summed E-state index contributed by atoms with van der Waals surface area (Å²) in [6.07, 6.45) is 37.1. The molecule has 2 aromatic carbocycles.